The number of aromatic nitrogens is 3. The topological polar surface area (TPSA) is 63.8 Å². The van der Waals surface area contributed by atoms with Crippen LogP contribution < -0.4 is 5.76 Å². The zero-order valence-electron chi connectivity index (χ0n) is 6.23. The molecule has 2 aromatic heterocycles. The molecular formula is C7H7N3O2. The summed E-state index contributed by atoms with van der Waals surface area (Å²) >= 11 is 0. The second-order valence-corrected chi connectivity index (χ2v) is 2.40. The maximum Gasteiger partial charge on any atom is 0.438 e. The van der Waals surface area contributed by atoms with Gasteiger partial charge >= 0.3 is 5.76 Å². The van der Waals surface area contributed by atoms with Gasteiger partial charge in [-0.15, -0.1) is 0 Å². The predicted octanol–water partition coefficient (Wildman–Crippen LogP) is 0.213. The molecule has 0 unspecified atom stereocenters. The minimum absolute atomic E-state index is 0.517. The Balaban J connectivity index is 2.19. The second kappa shape index (κ2) is 2.69. The fraction of sp³-hybridized carbons (Fsp3) is 0.143. The lowest BCUT2D eigenvalue weighted by atomic mass is 10.6. The summed E-state index contributed by atoms with van der Waals surface area (Å²) in [4.78, 5) is 13.0. The maximum atomic E-state index is 10.5. The number of aromatic amines is 1. The van der Waals surface area contributed by atoms with Crippen molar-refractivity contribution in [1.29, 1.82) is 0 Å². The summed E-state index contributed by atoms with van der Waals surface area (Å²) in [5.41, 5.74) is 0. The molecule has 0 aromatic carbocycles. The molecule has 5 nitrogen and oxygen atoms in total. The lowest BCUT2D eigenvalue weighted by molar-refractivity contribution is 0.380. The molecule has 2 aromatic rings. The van der Waals surface area contributed by atoms with Crippen LogP contribution in [0.5, 0.6) is 0 Å². The second-order valence-electron chi connectivity index (χ2n) is 2.40. The molecule has 0 saturated heterocycles. The summed E-state index contributed by atoms with van der Waals surface area (Å²) in [6.45, 7) is 0.527. The van der Waals surface area contributed by atoms with Crippen LogP contribution in [0.4, 0.5) is 0 Å². The van der Waals surface area contributed by atoms with E-state index >= 15 is 0 Å². The van der Waals surface area contributed by atoms with Crippen molar-refractivity contribution < 1.29 is 4.52 Å². The number of nitrogens with one attached hydrogen (secondary N) is 1. The Hall–Kier alpha value is -1.78. The molecule has 62 valence electrons. The SMILES string of the molecule is O=c1[nH]c(Cn2cccc2)no1. The highest BCUT2D eigenvalue weighted by molar-refractivity contribution is 4.93. The van der Waals surface area contributed by atoms with E-state index in [-0.39, 0.29) is 0 Å². The van der Waals surface area contributed by atoms with Gasteiger partial charge in [-0.1, -0.05) is 5.16 Å². The molecule has 0 amide bonds. The number of rotatable bonds is 2. The van der Waals surface area contributed by atoms with Crippen molar-refractivity contribution in [3.05, 3.63) is 40.9 Å². The van der Waals surface area contributed by atoms with Gasteiger partial charge in [0.25, 0.3) is 0 Å². The number of hydrogen-bond donors (Lipinski definition) is 1. The molecule has 0 aliphatic carbocycles. The minimum Gasteiger partial charge on any atom is -0.347 e. The van der Waals surface area contributed by atoms with E-state index in [9.17, 15) is 4.79 Å². The summed E-state index contributed by atoms with van der Waals surface area (Å²) < 4.78 is 6.22. The average Bonchev–Trinajstić information content (AvgIpc) is 2.63. The maximum absolute atomic E-state index is 10.5. The molecular weight excluding hydrogens is 158 g/mol. The summed E-state index contributed by atoms with van der Waals surface area (Å²) in [6.07, 6.45) is 3.76. The molecule has 2 rings (SSSR count). The predicted molar refractivity (Wildman–Crippen MR) is 40.7 cm³/mol. The molecule has 0 atom stereocenters. The minimum atomic E-state index is -0.517. The molecule has 0 spiro atoms. The van der Waals surface area contributed by atoms with E-state index in [1.807, 2.05) is 29.1 Å². The van der Waals surface area contributed by atoms with Gasteiger partial charge < -0.3 is 4.57 Å². The number of hydrogen-bond acceptors (Lipinski definition) is 3. The summed E-state index contributed by atoms with van der Waals surface area (Å²) in [7, 11) is 0. The monoisotopic (exact) mass is 165 g/mol. The van der Waals surface area contributed by atoms with Gasteiger partial charge in [-0.05, 0) is 12.1 Å². The van der Waals surface area contributed by atoms with Crippen molar-refractivity contribution in [1.82, 2.24) is 14.7 Å². The van der Waals surface area contributed by atoms with E-state index in [0.29, 0.717) is 12.4 Å². The van der Waals surface area contributed by atoms with Gasteiger partial charge in [0.15, 0.2) is 5.82 Å². The van der Waals surface area contributed by atoms with Crippen LogP contribution in [-0.2, 0) is 6.54 Å². The highest BCUT2D eigenvalue weighted by Crippen LogP contribution is 1.93. The number of nitrogens with zero attached hydrogens (tertiary/aromatic N) is 2. The van der Waals surface area contributed by atoms with Crippen molar-refractivity contribution in [3.8, 4) is 0 Å². The molecule has 0 aliphatic heterocycles. The molecule has 12 heavy (non-hydrogen) atoms. The van der Waals surface area contributed by atoms with Gasteiger partial charge in [-0.2, -0.15) is 0 Å². The summed E-state index contributed by atoms with van der Waals surface area (Å²) in [6, 6.07) is 3.80. The standard InChI is InChI=1S/C7H7N3O2/c11-7-8-6(9-12-7)5-10-3-1-2-4-10/h1-4H,5H2,(H,8,9,11). The fourth-order valence-corrected chi connectivity index (χ4v) is 0.977. The van der Waals surface area contributed by atoms with Crippen LogP contribution in [0, 0.1) is 0 Å². The Morgan fingerprint density at radius 3 is 2.83 bits per heavy atom. The third-order valence-electron chi connectivity index (χ3n) is 1.48. The molecule has 0 aliphatic rings. The van der Waals surface area contributed by atoms with E-state index in [1.165, 1.54) is 0 Å². The van der Waals surface area contributed by atoms with Crippen LogP contribution in [0.3, 0.4) is 0 Å². The van der Waals surface area contributed by atoms with Crippen molar-refractivity contribution in [2.75, 3.05) is 0 Å². The van der Waals surface area contributed by atoms with Crippen molar-refractivity contribution in [3.63, 3.8) is 0 Å². The van der Waals surface area contributed by atoms with Crippen LogP contribution in [-0.4, -0.2) is 14.7 Å². The smallest absolute Gasteiger partial charge is 0.347 e. The van der Waals surface area contributed by atoms with Gasteiger partial charge in [-0.3, -0.25) is 9.51 Å². The third-order valence-corrected chi connectivity index (χ3v) is 1.48. The Morgan fingerprint density at radius 2 is 2.25 bits per heavy atom. The molecule has 0 radical (unpaired) electrons. The highest BCUT2D eigenvalue weighted by atomic mass is 16.5. The van der Waals surface area contributed by atoms with Crippen molar-refractivity contribution >= 4 is 0 Å². The Morgan fingerprint density at radius 1 is 1.50 bits per heavy atom. The molecule has 1 N–H and O–H groups in total. The zero-order chi connectivity index (χ0) is 8.39. The normalized spacial score (nSPS) is 10.3. The van der Waals surface area contributed by atoms with E-state index in [1.54, 1.807) is 0 Å². The van der Waals surface area contributed by atoms with Gasteiger partial charge in [-0.25, -0.2) is 4.79 Å². The lowest BCUT2D eigenvalue weighted by Crippen LogP contribution is -2.01. The van der Waals surface area contributed by atoms with Crippen LogP contribution in [0.2, 0.25) is 0 Å². The average molecular weight is 165 g/mol. The van der Waals surface area contributed by atoms with Crippen LogP contribution in [0.1, 0.15) is 5.82 Å². The lowest BCUT2D eigenvalue weighted by Gasteiger charge is -1.94. The van der Waals surface area contributed by atoms with Gasteiger partial charge in [0, 0.05) is 12.4 Å². The summed E-state index contributed by atoms with van der Waals surface area (Å²) in [5.74, 6) is 0.00774. The van der Waals surface area contributed by atoms with E-state index in [4.69, 9.17) is 0 Å². The number of H-pyrrole nitrogens is 1. The first-order valence-corrected chi connectivity index (χ1v) is 3.50. The van der Waals surface area contributed by atoms with Crippen LogP contribution in [0.15, 0.2) is 33.8 Å². The first-order valence-electron chi connectivity index (χ1n) is 3.50. The Bertz CT molecular complexity index is 398. The van der Waals surface area contributed by atoms with Crippen LogP contribution >= 0.6 is 0 Å². The molecule has 0 fully saturated rings. The third kappa shape index (κ3) is 1.29. The molecule has 5 heteroatoms. The Kier molecular flexibility index (Phi) is 1.55. The molecule has 0 saturated carbocycles. The van der Waals surface area contributed by atoms with E-state index in [2.05, 4.69) is 14.7 Å². The first-order chi connectivity index (χ1) is 5.84. The molecule has 2 heterocycles. The Labute approximate surface area is 67.6 Å². The molecule has 0 bridgehead atoms. The van der Waals surface area contributed by atoms with Crippen LogP contribution in [0.25, 0.3) is 0 Å². The van der Waals surface area contributed by atoms with Gasteiger partial charge in [0.1, 0.15) is 0 Å². The van der Waals surface area contributed by atoms with E-state index in [0.717, 1.165) is 0 Å². The highest BCUT2D eigenvalue weighted by Gasteiger charge is 1.99. The van der Waals surface area contributed by atoms with Crippen molar-refractivity contribution in [2.45, 2.75) is 6.54 Å². The van der Waals surface area contributed by atoms with Gasteiger partial charge in [0.2, 0.25) is 0 Å². The fourth-order valence-electron chi connectivity index (χ4n) is 0.977. The quantitative estimate of drug-likeness (QED) is 0.691. The van der Waals surface area contributed by atoms with Crippen molar-refractivity contribution in [2.24, 2.45) is 0 Å². The first kappa shape index (κ1) is 6.90. The zero-order valence-corrected chi connectivity index (χ0v) is 6.23. The van der Waals surface area contributed by atoms with Gasteiger partial charge in [0.05, 0.1) is 6.54 Å². The largest absolute Gasteiger partial charge is 0.438 e. The van der Waals surface area contributed by atoms with E-state index < -0.39 is 5.76 Å². The summed E-state index contributed by atoms with van der Waals surface area (Å²) in [5, 5.41) is 3.53.